The van der Waals surface area contributed by atoms with Crippen LogP contribution in [0, 0.1) is 0 Å². The average molecular weight is 362 g/mol. The Morgan fingerprint density at radius 3 is 2.61 bits per heavy atom. The Morgan fingerprint density at radius 1 is 1.00 bits per heavy atom. The van der Waals surface area contributed by atoms with Crippen LogP contribution in [-0.4, -0.2) is 4.57 Å². The monoisotopic (exact) mass is 361 g/mol. The first-order valence-corrected chi connectivity index (χ1v) is 8.42. The Labute approximate surface area is 145 Å². The summed E-state index contributed by atoms with van der Waals surface area (Å²) in [6.45, 7) is 0. The maximum atomic E-state index is 12.3. The highest BCUT2D eigenvalue weighted by molar-refractivity contribution is 7.07. The van der Waals surface area contributed by atoms with Crippen LogP contribution in [-0.2, 0) is 0 Å². The van der Waals surface area contributed by atoms with Crippen molar-refractivity contribution in [3.05, 3.63) is 73.6 Å². The molecule has 0 bridgehead atoms. The second-order valence-corrected chi connectivity index (χ2v) is 6.60. The van der Waals surface area contributed by atoms with Crippen LogP contribution < -0.4 is 4.87 Å². The number of hydrogen-bond acceptors (Lipinski definition) is 3. The number of nitrogens with zero attached hydrogens (tertiary/aromatic N) is 1. The zero-order valence-corrected chi connectivity index (χ0v) is 14.0. The molecule has 3 nitrogen and oxygen atoms in total. The first-order valence-electron chi connectivity index (χ1n) is 6.78. The van der Waals surface area contributed by atoms with E-state index in [1.54, 1.807) is 28.1 Å². The summed E-state index contributed by atoms with van der Waals surface area (Å²) in [5.41, 5.74) is 2.12. The smallest absolute Gasteiger partial charge is 0.312 e. The number of aromatic nitrogens is 1. The van der Waals surface area contributed by atoms with Crippen LogP contribution >= 0.6 is 34.5 Å². The summed E-state index contributed by atoms with van der Waals surface area (Å²) >= 11 is 13.1. The molecule has 0 aliphatic rings. The minimum Gasteiger partial charge on any atom is -0.454 e. The number of furan rings is 1. The van der Waals surface area contributed by atoms with Gasteiger partial charge in [0.15, 0.2) is 5.76 Å². The topological polar surface area (TPSA) is 35.1 Å². The molecule has 23 heavy (non-hydrogen) atoms. The Bertz CT molecular complexity index is 1040. The van der Waals surface area contributed by atoms with Gasteiger partial charge in [-0.05, 0) is 30.3 Å². The van der Waals surface area contributed by atoms with E-state index in [0.717, 1.165) is 22.3 Å². The van der Waals surface area contributed by atoms with Crippen LogP contribution in [0.2, 0.25) is 10.0 Å². The number of thiazole rings is 1. The van der Waals surface area contributed by atoms with Gasteiger partial charge in [0.1, 0.15) is 11.3 Å². The fraction of sp³-hybridized carbons (Fsp3) is 0. The van der Waals surface area contributed by atoms with Gasteiger partial charge < -0.3 is 4.42 Å². The van der Waals surface area contributed by atoms with E-state index in [2.05, 4.69) is 0 Å². The third-order valence-corrected chi connectivity index (χ3v) is 5.00. The molecule has 0 spiro atoms. The molecular weight excluding hydrogens is 353 g/mol. The molecule has 4 rings (SSSR count). The van der Waals surface area contributed by atoms with Crippen LogP contribution in [0.3, 0.4) is 0 Å². The van der Waals surface area contributed by atoms with E-state index < -0.39 is 0 Å². The van der Waals surface area contributed by atoms with Gasteiger partial charge in [-0.2, -0.15) is 0 Å². The minimum absolute atomic E-state index is 0.112. The summed E-state index contributed by atoms with van der Waals surface area (Å²) in [5.74, 6) is 0.635. The van der Waals surface area contributed by atoms with Crippen LogP contribution in [0.5, 0.6) is 0 Å². The SMILES string of the molecule is O=c1scc(-c2cc3ccccc3o2)n1-c1ccc(Cl)c(Cl)c1. The standard InChI is InChI=1S/C17H9Cl2NO2S/c18-12-6-5-11(8-13(12)19)20-14(9-23-17(20)21)16-7-10-3-1-2-4-15(10)22-16/h1-9H. The second kappa shape index (κ2) is 5.57. The van der Waals surface area contributed by atoms with Crippen molar-refractivity contribution in [2.24, 2.45) is 0 Å². The van der Waals surface area contributed by atoms with Gasteiger partial charge in [-0.25, -0.2) is 0 Å². The molecule has 0 aliphatic carbocycles. The minimum atomic E-state index is -0.112. The molecule has 6 heteroatoms. The predicted molar refractivity (Wildman–Crippen MR) is 95.1 cm³/mol. The van der Waals surface area contributed by atoms with Gasteiger partial charge in [0.25, 0.3) is 0 Å². The highest BCUT2D eigenvalue weighted by atomic mass is 35.5. The Kier molecular flexibility index (Phi) is 3.53. The molecule has 0 atom stereocenters. The van der Waals surface area contributed by atoms with Crippen molar-refractivity contribution in [3.63, 3.8) is 0 Å². The van der Waals surface area contributed by atoms with E-state index in [4.69, 9.17) is 27.6 Å². The molecule has 2 heterocycles. The van der Waals surface area contributed by atoms with Crippen molar-refractivity contribution in [2.75, 3.05) is 0 Å². The van der Waals surface area contributed by atoms with E-state index in [-0.39, 0.29) is 4.87 Å². The lowest BCUT2D eigenvalue weighted by Gasteiger charge is -2.07. The van der Waals surface area contributed by atoms with Crippen LogP contribution in [0.15, 0.2) is 63.1 Å². The third kappa shape index (κ3) is 2.49. The van der Waals surface area contributed by atoms with Gasteiger partial charge >= 0.3 is 4.87 Å². The first kappa shape index (κ1) is 14.6. The number of benzene rings is 2. The summed E-state index contributed by atoms with van der Waals surface area (Å²) in [6.07, 6.45) is 0. The van der Waals surface area contributed by atoms with Gasteiger partial charge in [0, 0.05) is 10.8 Å². The van der Waals surface area contributed by atoms with Crippen molar-refractivity contribution in [1.29, 1.82) is 0 Å². The molecule has 0 saturated heterocycles. The molecule has 0 radical (unpaired) electrons. The summed E-state index contributed by atoms with van der Waals surface area (Å²) in [4.78, 5) is 12.2. The third-order valence-electron chi connectivity index (χ3n) is 3.53. The summed E-state index contributed by atoms with van der Waals surface area (Å²) in [7, 11) is 0. The zero-order chi connectivity index (χ0) is 16.0. The summed E-state index contributed by atoms with van der Waals surface area (Å²) in [6, 6.07) is 14.7. The number of hydrogen-bond donors (Lipinski definition) is 0. The average Bonchev–Trinajstić information content (AvgIpc) is 3.13. The Hall–Kier alpha value is -2.01. The molecule has 0 N–H and O–H groups in total. The Balaban J connectivity index is 1.93. The quantitative estimate of drug-likeness (QED) is 0.464. The van der Waals surface area contributed by atoms with Crippen molar-refractivity contribution in [2.45, 2.75) is 0 Å². The second-order valence-electron chi connectivity index (χ2n) is 4.97. The maximum absolute atomic E-state index is 12.3. The summed E-state index contributed by atoms with van der Waals surface area (Å²) < 4.78 is 7.45. The molecule has 0 saturated carbocycles. The lowest BCUT2D eigenvalue weighted by atomic mass is 10.2. The molecule has 0 fully saturated rings. The first-order chi connectivity index (χ1) is 11.1. The zero-order valence-electron chi connectivity index (χ0n) is 11.6. The van der Waals surface area contributed by atoms with Crippen LogP contribution in [0.25, 0.3) is 28.1 Å². The molecule has 4 aromatic rings. The van der Waals surface area contributed by atoms with E-state index >= 15 is 0 Å². The summed E-state index contributed by atoms with van der Waals surface area (Å²) in [5, 5.41) is 3.62. The van der Waals surface area contributed by atoms with E-state index in [1.807, 2.05) is 30.3 Å². The fourth-order valence-corrected chi connectivity index (χ4v) is 3.49. The van der Waals surface area contributed by atoms with Gasteiger partial charge in [0.2, 0.25) is 0 Å². The predicted octanol–water partition coefficient (Wildman–Crippen LogP) is 5.62. The van der Waals surface area contributed by atoms with Gasteiger partial charge in [-0.15, -0.1) is 0 Å². The van der Waals surface area contributed by atoms with Crippen LogP contribution in [0.4, 0.5) is 0 Å². The molecular formula is C17H9Cl2NO2S. The lowest BCUT2D eigenvalue weighted by molar-refractivity contribution is 0.626. The van der Waals surface area contributed by atoms with Crippen molar-refractivity contribution < 1.29 is 4.42 Å². The van der Waals surface area contributed by atoms with E-state index in [1.165, 1.54) is 0 Å². The van der Waals surface area contributed by atoms with Crippen molar-refractivity contribution >= 4 is 45.5 Å². The van der Waals surface area contributed by atoms with E-state index in [9.17, 15) is 4.79 Å². The van der Waals surface area contributed by atoms with Crippen LogP contribution in [0.1, 0.15) is 0 Å². The highest BCUT2D eigenvalue weighted by Gasteiger charge is 2.15. The Morgan fingerprint density at radius 2 is 1.83 bits per heavy atom. The van der Waals surface area contributed by atoms with Gasteiger partial charge in [0.05, 0.1) is 15.7 Å². The maximum Gasteiger partial charge on any atom is 0.312 e. The molecule has 0 aliphatic heterocycles. The number of rotatable bonds is 2. The normalized spacial score (nSPS) is 11.2. The largest absolute Gasteiger partial charge is 0.454 e. The molecule has 0 unspecified atom stereocenters. The molecule has 0 amide bonds. The molecule has 2 aromatic carbocycles. The highest BCUT2D eigenvalue weighted by Crippen LogP contribution is 2.31. The van der Waals surface area contributed by atoms with Gasteiger partial charge in [-0.1, -0.05) is 52.7 Å². The lowest BCUT2D eigenvalue weighted by Crippen LogP contribution is -2.11. The number of fused-ring (bicyclic) bond motifs is 1. The van der Waals surface area contributed by atoms with Crippen molar-refractivity contribution in [3.8, 4) is 17.1 Å². The number of halogens is 2. The van der Waals surface area contributed by atoms with E-state index in [0.29, 0.717) is 27.2 Å². The fourth-order valence-electron chi connectivity index (χ4n) is 2.45. The van der Waals surface area contributed by atoms with Crippen molar-refractivity contribution in [1.82, 2.24) is 4.57 Å². The molecule has 114 valence electrons. The number of para-hydroxylation sites is 1. The van der Waals surface area contributed by atoms with Gasteiger partial charge in [-0.3, -0.25) is 9.36 Å². The molecule has 2 aromatic heterocycles.